The minimum Gasteiger partial charge on any atom is -0.478 e. The molecule has 0 aliphatic rings. The third-order valence-electron chi connectivity index (χ3n) is 8.13. The zero-order valence-corrected chi connectivity index (χ0v) is 29.8. The molecule has 12 N–H and O–H groups in total. The molecule has 280 valence electrons. The van der Waals surface area contributed by atoms with Gasteiger partial charge >= 0.3 is 5.97 Å². The highest BCUT2D eigenvalue weighted by Crippen LogP contribution is 2.18. The number of carboxylic acid groups (broad SMARTS) is 1. The van der Waals surface area contributed by atoms with Gasteiger partial charge in [0, 0.05) is 29.5 Å². The summed E-state index contributed by atoms with van der Waals surface area (Å²) in [6.45, 7) is 7.43. The average molecular weight is 729 g/mol. The highest BCUT2D eigenvalue weighted by molar-refractivity contribution is 6.06. The fourth-order valence-corrected chi connectivity index (χ4v) is 5.01. The summed E-state index contributed by atoms with van der Waals surface area (Å²) in [6.07, 6.45) is 2.59. The van der Waals surface area contributed by atoms with Gasteiger partial charge in [-0.15, -0.1) is 0 Å². The van der Waals surface area contributed by atoms with Crippen LogP contribution in [0.25, 0.3) is 11.2 Å². The van der Waals surface area contributed by atoms with E-state index in [9.17, 15) is 29.1 Å². The van der Waals surface area contributed by atoms with E-state index >= 15 is 0 Å². The zero-order valence-electron chi connectivity index (χ0n) is 29.8. The Hall–Kier alpha value is -6.43. The quantitative estimate of drug-likeness (QED) is 0.0742. The average Bonchev–Trinajstić information content (AvgIpc) is 3.12. The number of nitrogens with zero attached hydrogens (tertiary/aromatic N) is 4. The summed E-state index contributed by atoms with van der Waals surface area (Å²) in [5, 5.41) is 23.7. The van der Waals surface area contributed by atoms with Crippen LogP contribution < -0.4 is 43.8 Å². The van der Waals surface area contributed by atoms with Crippen molar-refractivity contribution in [3.8, 4) is 0 Å². The first-order valence-corrected chi connectivity index (χ1v) is 16.8. The van der Waals surface area contributed by atoms with E-state index < -0.39 is 35.8 Å². The van der Waals surface area contributed by atoms with Crippen LogP contribution >= 0.6 is 0 Å². The van der Waals surface area contributed by atoms with E-state index in [-0.39, 0.29) is 53.0 Å². The SMILES string of the molecule is CC(C)[C@H](N)C(=O)N[C@@H](C)C(=O)Nc1ccc(C(=O)NCCC[C@@H](C)NC(=O)c2ccc(NCc3cnc4nc(N)nc(N)c4n3)cc2)c(C(=O)O)c1. The number of aromatic nitrogens is 4. The van der Waals surface area contributed by atoms with E-state index in [2.05, 4.69) is 46.5 Å². The Balaban J connectivity index is 1.21. The summed E-state index contributed by atoms with van der Waals surface area (Å²) in [5.74, 6) is -3.28. The maximum absolute atomic E-state index is 12.9. The van der Waals surface area contributed by atoms with Gasteiger partial charge in [-0.25, -0.2) is 14.8 Å². The number of nitrogens with one attached hydrogen (secondary N) is 5. The summed E-state index contributed by atoms with van der Waals surface area (Å²) >= 11 is 0. The smallest absolute Gasteiger partial charge is 0.336 e. The van der Waals surface area contributed by atoms with Gasteiger partial charge in [-0.05, 0) is 75.1 Å². The summed E-state index contributed by atoms with van der Waals surface area (Å²) in [6, 6.07) is 8.82. The van der Waals surface area contributed by atoms with Crippen molar-refractivity contribution in [1.82, 2.24) is 35.9 Å². The van der Waals surface area contributed by atoms with Gasteiger partial charge in [-0.2, -0.15) is 9.97 Å². The molecule has 2 aromatic heterocycles. The third-order valence-corrected chi connectivity index (χ3v) is 8.13. The van der Waals surface area contributed by atoms with Gasteiger partial charge in [0.05, 0.1) is 35.6 Å². The van der Waals surface area contributed by atoms with Gasteiger partial charge in [-0.3, -0.25) is 19.2 Å². The molecule has 0 saturated heterocycles. The number of nitrogens with two attached hydrogens (primary N) is 3. The highest BCUT2D eigenvalue weighted by Gasteiger charge is 2.23. The predicted molar refractivity (Wildman–Crippen MR) is 199 cm³/mol. The first kappa shape index (κ1) is 39.4. The number of carbonyl (C=O) groups excluding carboxylic acids is 4. The van der Waals surface area contributed by atoms with Gasteiger partial charge in [0.15, 0.2) is 17.0 Å². The number of hydrogen-bond donors (Lipinski definition) is 9. The Kier molecular flexibility index (Phi) is 13.1. The van der Waals surface area contributed by atoms with Gasteiger partial charge in [-0.1, -0.05) is 13.8 Å². The van der Waals surface area contributed by atoms with E-state index in [0.29, 0.717) is 41.8 Å². The van der Waals surface area contributed by atoms with Crippen molar-refractivity contribution >= 4 is 63.9 Å². The minimum absolute atomic E-state index is 0.0184. The molecule has 4 aromatic rings. The molecule has 53 heavy (non-hydrogen) atoms. The molecule has 0 aliphatic heterocycles. The van der Waals surface area contributed by atoms with E-state index in [0.717, 1.165) is 5.69 Å². The largest absolute Gasteiger partial charge is 0.478 e. The second-order valence-electron chi connectivity index (χ2n) is 12.8. The fourth-order valence-electron chi connectivity index (χ4n) is 5.01. The van der Waals surface area contributed by atoms with Crippen LogP contribution in [0.5, 0.6) is 0 Å². The van der Waals surface area contributed by atoms with E-state index in [1.54, 1.807) is 44.3 Å². The minimum atomic E-state index is -1.36. The van der Waals surface area contributed by atoms with Crippen LogP contribution in [0.15, 0.2) is 48.7 Å². The second kappa shape index (κ2) is 17.7. The molecule has 18 nitrogen and oxygen atoms in total. The Morgan fingerprint density at radius 1 is 0.830 bits per heavy atom. The third kappa shape index (κ3) is 10.8. The van der Waals surface area contributed by atoms with Gasteiger partial charge in [0.25, 0.3) is 11.8 Å². The topological polar surface area (TPSA) is 295 Å². The maximum Gasteiger partial charge on any atom is 0.336 e. The van der Waals surface area contributed by atoms with E-state index in [4.69, 9.17) is 17.2 Å². The van der Waals surface area contributed by atoms with Crippen LogP contribution in [0.2, 0.25) is 0 Å². The van der Waals surface area contributed by atoms with Crippen molar-refractivity contribution in [2.24, 2.45) is 11.7 Å². The molecular formula is C35H44N12O6. The fraction of sp³-hybridized carbons (Fsp3) is 0.343. The lowest BCUT2D eigenvalue weighted by atomic mass is 10.0. The molecule has 4 rings (SSSR count). The summed E-state index contributed by atoms with van der Waals surface area (Å²) in [5.41, 5.74) is 19.5. The predicted octanol–water partition coefficient (Wildman–Crippen LogP) is 1.65. The lowest BCUT2D eigenvalue weighted by molar-refractivity contribution is -0.127. The molecule has 0 bridgehead atoms. The van der Waals surface area contributed by atoms with Crippen LogP contribution in [0.4, 0.5) is 23.1 Å². The molecule has 0 radical (unpaired) electrons. The summed E-state index contributed by atoms with van der Waals surface area (Å²) in [4.78, 5) is 79.1. The molecule has 0 saturated carbocycles. The highest BCUT2D eigenvalue weighted by atomic mass is 16.4. The lowest BCUT2D eigenvalue weighted by Crippen LogP contribution is -2.50. The number of rotatable bonds is 16. The number of nitrogen functional groups attached to an aromatic ring is 2. The van der Waals surface area contributed by atoms with Crippen LogP contribution in [0, 0.1) is 5.92 Å². The first-order chi connectivity index (χ1) is 25.1. The van der Waals surface area contributed by atoms with Crippen molar-refractivity contribution in [2.45, 2.75) is 65.2 Å². The number of hydrogen-bond acceptors (Lipinski definition) is 13. The van der Waals surface area contributed by atoms with Crippen LogP contribution in [-0.4, -0.2) is 79.3 Å². The number of carboxylic acids is 1. The maximum atomic E-state index is 12.9. The normalized spacial score (nSPS) is 12.7. The summed E-state index contributed by atoms with van der Waals surface area (Å²) in [7, 11) is 0. The number of carbonyl (C=O) groups is 5. The van der Waals surface area contributed by atoms with Crippen molar-refractivity contribution in [2.75, 3.05) is 28.6 Å². The van der Waals surface area contributed by atoms with Gasteiger partial charge < -0.3 is 48.9 Å². The van der Waals surface area contributed by atoms with Gasteiger partial charge in [0.1, 0.15) is 6.04 Å². The molecule has 0 fully saturated rings. The van der Waals surface area contributed by atoms with Crippen LogP contribution in [-0.2, 0) is 16.1 Å². The zero-order chi connectivity index (χ0) is 38.8. The molecule has 2 aromatic carbocycles. The van der Waals surface area contributed by atoms with Crippen molar-refractivity contribution in [3.63, 3.8) is 0 Å². The van der Waals surface area contributed by atoms with Gasteiger partial charge in [0.2, 0.25) is 17.8 Å². The Bertz CT molecular complexity index is 1990. The van der Waals surface area contributed by atoms with E-state index in [1.807, 2.05) is 6.92 Å². The van der Waals surface area contributed by atoms with Crippen molar-refractivity contribution in [3.05, 3.63) is 71.0 Å². The Labute approximate surface area is 305 Å². The number of anilines is 4. The monoisotopic (exact) mass is 728 g/mol. The van der Waals surface area contributed by atoms with Crippen molar-refractivity contribution in [1.29, 1.82) is 0 Å². The van der Waals surface area contributed by atoms with Crippen molar-refractivity contribution < 1.29 is 29.1 Å². The molecule has 2 heterocycles. The first-order valence-electron chi connectivity index (χ1n) is 16.8. The molecule has 18 heteroatoms. The van der Waals surface area contributed by atoms with Crippen LogP contribution in [0.1, 0.15) is 77.3 Å². The standard InChI is InChI=1S/C35H44N12O6/c1-17(2)26(36)33(51)43-19(4)30(48)45-22-11-12-24(25(14-22)34(52)53)32(50)39-13-5-6-18(3)42-31(49)20-7-9-21(10-8-20)40-15-23-16-41-29-27(44-23)28(37)46-35(38)47-29/h7-12,14,16-19,26,40H,5-6,13,15,36H2,1-4H3,(H,39,50)(H,42,49)(H,43,51)(H,45,48)(H,52,53)(H4,37,38,41,46,47)/t18-,19+,26+/m1/s1. The molecule has 3 atom stereocenters. The van der Waals surface area contributed by atoms with E-state index in [1.165, 1.54) is 25.1 Å². The Morgan fingerprint density at radius 3 is 2.21 bits per heavy atom. The summed E-state index contributed by atoms with van der Waals surface area (Å²) < 4.78 is 0. The number of benzene rings is 2. The number of fused-ring (bicyclic) bond motifs is 1. The number of amides is 4. The molecule has 4 amide bonds. The number of aromatic carboxylic acids is 1. The molecule has 0 spiro atoms. The van der Waals surface area contributed by atoms with Crippen LogP contribution in [0.3, 0.4) is 0 Å². The second-order valence-corrected chi connectivity index (χ2v) is 12.8. The Morgan fingerprint density at radius 2 is 1.53 bits per heavy atom. The molecule has 0 unspecified atom stereocenters. The molecule has 0 aliphatic carbocycles. The molecular weight excluding hydrogens is 684 g/mol. The lowest BCUT2D eigenvalue weighted by Gasteiger charge is -2.19.